The molecule has 2 amide bonds. The average Bonchev–Trinajstić information content (AvgIpc) is 3.08. The number of hydrogen-bond donors (Lipinski definition) is 2. The Morgan fingerprint density at radius 3 is 2.62 bits per heavy atom. The molecule has 142 valence electrons. The van der Waals surface area contributed by atoms with Gasteiger partial charge in [-0.25, -0.2) is 0 Å². The van der Waals surface area contributed by atoms with Gasteiger partial charge in [0.2, 0.25) is 5.91 Å². The van der Waals surface area contributed by atoms with Gasteiger partial charge >= 0.3 is 0 Å². The summed E-state index contributed by atoms with van der Waals surface area (Å²) in [6.07, 6.45) is 3.84. The number of carbonyl (C=O) groups excluding carboxylic acids is 2. The number of carbonyl (C=O) groups is 2. The first kappa shape index (κ1) is 18.9. The summed E-state index contributed by atoms with van der Waals surface area (Å²) in [5.74, 6) is 1.14. The van der Waals surface area contributed by atoms with Crippen molar-refractivity contribution in [2.75, 3.05) is 25.0 Å². The lowest BCUT2D eigenvalue weighted by atomic mass is 9.91. The molecule has 2 saturated heterocycles. The molecular weight excluding hydrogens is 326 g/mol. The number of hydrogen-bond acceptors (Lipinski definition) is 3. The van der Waals surface area contributed by atoms with E-state index in [1.54, 1.807) is 0 Å². The highest BCUT2D eigenvalue weighted by Crippen LogP contribution is 2.24. The zero-order chi connectivity index (χ0) is 18.7. The minimum absolute atomic E-state index is 0.0114. The Balaban J connectivity index is 1.68. The van der Waals surface area contributed by atoms with E-state index in [-0.39, 0.29) is 17.9 Å². The molecule has 5 heteroatoms. The van der Waals surface area contributed by atoms with E-state index in [9.17, 15) is 9.59 Å². The monoisotopic (exact) mass is 357 g/mol. The topological polar surface area (TPSA) is 61.4 Å². The number of amides is 2. The van der Waals surface area contributed by atoms with Crippen LogP contribution >= 0.6 is 0 Å². The third kappa shape index (κ3) is 4.64. The summed E-state index contributed by atoms with van der Waals surface area (Å²) in [5.41, 5.74) is 2.39. The van der Waals surface area contributed by atoms with Crippen molar-refractivity contribution in [2.45, 2.75) is 52.5 Å². The molecule has 0 aliphatic carbocycles. The number of piperidine rings is 1. The lowest BCUT2D eigenvalue weighted by molar-refractivity contribution is -0.116. The molecule has 2 heterocycles. The maximum atomic E-state index is 12.9. The van der Waals surface area contributed by atoms with Crippen molar-refractivity contribution >= 4 is 17.5 Å². The van der Waals surface area contributed by atoms with Crippen LogP contribution in [0.15, 0.2) is 18.2 Å². The second-order valence-corrected chi connectivity index (χ2v) is 8.23. The Morgan fingerprint density at radius 1 is 1.23 bits per heavy atom. The Bertz CT molecular complexity index is 657. The van der Waals surface area contributed by atoms with E-state index in [1.807, 2.05) is 30.0 Å². The number of benzene rings is 1. The molecule has 1 aromatic carbocycles. The van der Waals surface area contributed by atoms with Gasteiger partial charge < -0.3 is 15.5 Å². The van der Waals surface area contributed by atoms with Gasteiger partial charge in [0.05, 0.1) is 0 Å². The van der Waals surface area contributed by atoms with Crippen molar-refractivity contribution < 1.29 is 9.59 Å². The molecule has 0 spiro atoms. The van der Waals surface area contributed by atoms with E-state index in [4.69, 9.17) is 0 Å². The van der Waals surface area contributed by atoms with Crippen LogP contribution in [-0.4, -0.2) is 42.4 Å². The maximum absolute atomic E-state index is 12.9. The van der Waals surface area contributed by atoms with Crippen LogP contribution in [0.3, 0.4) is 0 Å². The lowest BCUT2D eigenvalue weighted by Gasteiger charge is -2.35. The van der Waals surface area contributed by atoms with Gasteiger partial charge in [0.15, 0.2) is 0 Å². The fraction of sp³-hybridized carbons (Fsp3) is 0.619. The molecule has 3 rings (SSSR count). The molecule has 0 saturated carbocycles. The van der Waals surface area contributed by atoms with Gasteiger partial charge in [0, 0.05) is 36.8 Å². The van der Waals surface area contributed by atoms with E-state index in [0.29, 0.717) is 23.8 Å². The first-order chi connectivity index (χ1) is 12.4. The van der Waals surface area contributed by atoms with Crippen molar-refractivity contribution in [3.8, 4) is 0 Å². The zero-order valence-electron chi connectivity index (χ0n) is 16.2. The minimum Gasteiger partial charge on any atom is -0.338 e. The molecule has 2 N–H and O–H groups in total. The van der Waals surface area contributed by atoms with Crippen LogP contribution in [0, 0.1) is 18.8 Å². The summed E-state index contributed by atoms with van der Waals surface area (Å²) in [7, 11) is 0. The molecule has 2 fully saturated rings. The quantitative estimate of drug-likeness (QED) is 0.870. The SMILES string of the molecule is Cc1ccc(C(=O)N2CC(C)CC(C)C2)cc1NC(=O)CC1CCCN1. The predicted octanol–water partition coefficient (Wildman–Crippen LogP) is 3.19. The molecule has 1 aromatic rings. The third-order valence-electron chi connectivity index (χ3n) is 5.51. The molecule has 26 heavy (non-hydrogen) atoms. The van der Waals surface area contributed by atoms with Gasteiger partial charge in [0.25, 0.3) is 5.91 Å². The average molecular weight is 357 g/mol. The van der Waals surface area contributed by atoms with E-state index in [2.05, 4.69) is 24.5 Å². The van der Waals surface area contributed by atoms with Gasteiger partial charge in [-0.05, 0) is 62.3 Å². The number of nitrogens with zero attached hydrogens (tertiary/aromatic N) is 1. The van der Waals surface area contributed by atoms with Crippen LogP contribution < -0.4 is 10.6 Å². The Labute approximate surface area is 156 Å². The molecule has 0 aromatic heterocycles. The largest absolute Gasteiger partial charge is 0.338 e. The van der Waals surface area contributed by atoms with Crippen molar-refractivity contribution in [1.82, 2.24) is 10.2 Å². The Kier molecular flexibility index (Phi) is 5.97. The summed E-state index contributed by atoms with van der Waals surface area (Å²) in [6, 6.07) is 5.90. The number of rotatable bonds is 4. The highest BCUT2D eigenvalue weighted by molar-refractivity contribution is 5.98. The van der Waals surface area contributed by atoms with Crippen LogP contribution in [0.1, 0.15) is 55.5 Å². The molecule has 3 atom stereocenters. The van der Waals surface area contributed by atoms with Crippen LogP contribution in [0.2, 0.25) is 0 Å². The van der Waals surface area contributed by atoms with Crippen molar-refractivity contribution in [3.63, 3.8) is 0 Å². The first-order valence-corrected chi connectivity index (χ1v) is 9.85. The standard InChI is InChI=1S/C21H31N3O2/c1-14-9-15(2)13-24(12-14)21(26)17-7-6-16(3)19(10-17)23-20(25)11-18-5-4-8-22-18/h6-7,10,14-15,18,22H,4-5,8-9,11-13H2,1-3H3,(H,23,25). The molecule has 2 aliphatic heterocycles. The number of aryl methyl sites for hydroxylation is 1. The van der Waals surface area contributed by atoms with Gasteiger partial charge in [0.1, 0.15) is 0 Å². The zero-order valence-corrected chi connectivity index (χ0v) is 16.2. The number of likely N-dealkylation sites (tertiary alicyclic amines) is 1. The van der Waals surface area contributed by atoms with Crippen molar-refractivity contribution in [2.24, 2.45) is 11.8 Å². The van der Waals surface area contributed by atoms with Crippen LogP contribution in [0.4, 0.5) is 5.69 Å². The molecule has 0 radical (unpaired) electrons. The fourth-order valence-corrected chi connectivity index (χ4v) is 4.26. The molecular formula is C21H31N3O2. The van der Waals surface area contributed by atoms with E-state index >= 15 is 0 Å². The third-order valence-corrected chi connectivity index (χ3v) is 5.51. The van der Waals surface area contributed by atoms with Crippen LogP contribution in [-0.2, 0) is 4.79 Å². The normalized spacial score (nSPS) is 26.0. The smallest absolute Gasteiger partial charge is 0.253 e. The van der Waals surface area contributed by atoms with Crippen molar-refractivity contribution in [3.05, 3.63) is 29.3 Å². The van der Waals surface area contributed by atoms with E-state index < -0.39 is 0 Å². The Hall–Kier alpha value is -1.88. The number of nitrogens with one attached hydrogen (secondary N) is 2. The Morgan fingerprint density at radius 2 is 1.96 bits per heavy atom. The molecule has 3 unspecified atom stereocenters. The maximum Gasteiger partial charge on any atom is 0.253 e. The van der Waals surface area contributed by atoms with Crippen molar-refractivity contribution in [1.29, 1.82) is 0 Å². The van der Waals surface area contributed by atoms with E-state index in [0.717, 1.165) is 43.7 Å². The van der Waals surface area contributed by atoms with Crippen LogP contribution in [0.25, 0.3) is 0 Å². The second kappa shape index (κ2) is 8.21. The summed E-state index contributed by atoms with van der Waals surface area (Å²) < 4.78 is 0. The fourth-order valence-electron chi connectivity index (χ4n) is 4.26. The van der Waals surface area contributed by atoms with Gasteiger partial charge in [-0.3, -0.25) is 9.59 Å². The van der Waals surface area contributed by atoms with Crippen LogP contribution in [0.5, 0.6) is 0 Å². The minimum atomic E-state index is 0.0114. The highest BCUT2D eigenvalue weighted by atomic mass is 16.2. The molecule has 0 bridgehead atoms. The molecule has 2 aliphatic rings. The van der Waals surface area contributed by atoms with Gasteiger partial charge in [-0.1, -0.05) is 19.9 Å². The van der Waals surface area contributed by atoms with Gasteiger partial charge in [-0.15, -0.1) is 0 Å². The molecule has 5 nitrogen and oxygen atoms in total. The summed E-state index contributed by atoms with van der Waals surface area (Å²) in [5, 5.41) is 6.35. The first-order valence-electron chi connectivity index (χ1n) is 9.85. The summed E-state index contributed by atoms with van der Waals surface area (Å²) in [4.78, 5) is 27.2. The summed E-state index contributed by atoms with van der Waals surface area (Å²) in [6.45, 7) is 8.98. The lowest BCUT2D eigenvalue weighted by Crippen LogP contribution is -2.42. The van der Waals surface area contributed by atoms with E-state index in [1.165, 1.54) is 6.42 Å². The van der Waals surface area contributed by atoms with Gasteiger partial charge in [-0.2, -0.15) is 0 Å². The second-order valence-electron chi connectivity index (χ2n) is 8.23. The number of anilines is 1. The highest BCUT2D eigenvalue weighted by Gasteiger charge is 2.26. The summed E-state index contributed by atoms with van der Waals surface area (Å²) >= 11 is 0. The predicted molar refractivity (Wildman–Crippen MR) is 104 cm³/mol.